The Morgan fingerprint density at radius 1 is 1.08 bits per heavy atom. The number of carbonyl (C=O) groups is 1. The third-order valence-electron chi connectivity index (χ3n) is 4.30. The van der Waals surface area contributed by atoms with Crippen LogP contribution in [-0.4, -0.2) is 28.0 Å². The zero-order chi connectivity index (χ0) is 18.6. The van der Waals surface area contributed by atoms with E-state index in [-0.39, 0.29) is 23.9 Å². The first kappa shape index (κ1) is 18.2. The minimum Gasteiger partial charge on any atom is -0.474 e. The van der Waals surface area contributed by atoms with Crippen molar-refractivity contribution in [1.82, 2.24) is 15.3 Å². The van der Waals surface area contributed by atoms with E-state index < -0.39 is 11.7 Å². The molecule has 0 unspecified atom stereocenters. The molecule has 0 radical (unpaired) electrons. The van der Waals surface area contributed by atoms with E-state index in [4.69, 9.17) is 4.74 Å². The number of alkyl halides is 3. The molecule has 8 heteroatoms. The predicted octanol–water partition coefficient (Wildman–Crippen LogP) is 3.62. The van der Waals surface area contributed by atoms with Crippen LogP contribution in [0.25, 0.3) is 0 Å². The lowest BCUT2D eigenvalue weighted by Crippen LogP contribution is -2.39. The molecule has 3 rings (SSSR count). The molecule has 0 aliphatic heterocycles. The number of carbonyl (C=O) groups excluding carboxylic acids is 1. The van der Waals surface area contributed by atoms with E-state index in [9.17, 15) is 18.0 Å². The number of pyridine rings is 2. The normalized spacial score (nSPS) is 20.4. The van der Waals surface area contributed by atoms with Gasteiger partial charge in [0, 0.05) is 36.3 Å². The minimum atomic E-state index is -4.41. The monoisotopic (exact) mass is 365 g/mol. The Hall–Kier alpha value is -2.64. The Bertz CT molecular complexity index is 728. The third-order valence-corrected chi connectivity index (χ3v) is 4.30. The number of nitrogens with one attached hydrogen (secondary N) is 1. The molecule has 1 saturated carbocycles. The molecule has 0 spiro atoms. The van der Waals surface area contributed by atoms with Gasteiger partial charge in [0.25, 0.3) is 5.91 Å². The van der Waals surface area contributed by atoms with Crippen LogP contribution in [0.3, 0.4) is 0 Å². The van der Waals surface area contributed by atoms with Crippen molar-refractivity contribution >= 4 is 5.91 Å². The molecule has 0 bridgehead atoms. The topological polar surface area (TPSA) is 64.1 Å². The Morgan fingerprint density at radius 2 is 1.77 bits per heavy atom. The molecule has 1 aliphatic carbocycles. The number of nitrogens with zero attached hydrogens (tertiary/aromatic N) is 2. The number of aromatic nitrogens is 2. The molecule has 138 valence electrons. The lowest BCUT2D eigenvalue weighted by Gasteiger charge is -2.29. The maximum absolute atomic E-state index is 12.5. The number of amides is 1. The van der Waals surface area contributed by atoms with Crippen LogP contribution in [-0.2, 0) is 6.18 Å². The summed E-state index contributed by atoms with van der Waals surface area (Å²) in [6.07, 6.45) is 2.26. The lowest BCUT2D eigenvalue weighted by molar-refractivity contribution is -0.137. The summed E-state index contributed by atoms with van der Waals surface area (Å²) in [4.78, 5) is 19.7. The maximum atomic E-state index is 12.5. The minimum absolute atomic E-state index is 0.0519. The third kappa shape index (κ3) is 4.71. The number of hydrogen-bond donors (Lipinski definition) is 1. The number of ether oxygens (including phenoxy) is 1. The first-order valence-electron chi connectivity index (χ1n) is 8.32. The fraction of sp³-hybridized carbons (Fsp3) is 0.389. The number of halogens is 3. The highest BCUT2D eigenvalue weighted by atomic mass is 19.4. The van der Waals surface area contributed by atoms with Crippen molar-refractivity contribution in [2.75, 3.05) is 0 Å². The van der Waals surface area contributed by atoms with E-state index in [1.165, 1.54) is 6.07 Å². The van der Waals surface area contributed by atoms with Crippen LogP contribution in [0.15, 0.2) is 42.9 Å². The second-order valence-electron chi connectivity index (χ2n) is 6.18. The Balaban J connectivity index is 1.47. The molecule has 2 aromatic rings. The molecule has 0 atom stereocenters. The standard InChI is InChI=1S/C18H18F3N3O2/c19-18(20,21)13-1-6-16(23-11-13)26-15-4-2-14(3-5-15)24-17(25)12-7-9-22-10-8-12/h1,6-11,14-15H,2-5H2,(H,24,25). The van der Waals surface area contributed by atoms with E-state index >= 15 is 0 Å². The van der Waals surface area contributed by atoms with Crippen LogP contribution in [0, 0.1) is 0 Å². The van der Waals surface area contributed by atoms with Crippen molar-refractivity contribution in [2.24, 2.45) is 0 Å². The van der Waals surface area contributed by atoms with Crippen molar-refractivity contribution < 1.29 is 22.7 Å². The van der Waals surface area contributed by atoms with Gasteiger partial charge in [0.1, 0.15) is 6.10 Å². The molecule has 2 heterocycles. The van der Waals surface area contributed by atoms with Gasteiger partial charge in [-0.05, 0) is 43.9 Å². The second kappa shape index (κ2) is 7.72. The summed E-state index contributed by atoms with van der Waals surface area (Å²) in [5.74, 6) is 0.0449. The fourth-order valence-corrected chi connectivity index (χ4v) is 2.89. The van der Waals surface area contributed by atoms with Crippen LogP contribution in [0.2, 0.25) is 0 Å². The van der Waals surface area contributed by atoms with E-state index in [1.807, 2.05) is 0 Å². The molecule has 2 aromatic heterocycles. The van der Waals surface area contributed by atoms with Crippen molar-refractivity contribution in [3.05, 3.63) is 54.0 Å². The zero-order valence-electron chi connectivity index (χ0n) is 13.9. The smallest absolute Gasteiger partial charge is 0.417 e. The molecule has 1 N–H and O–H groups in total. The summed E-state index contributed by atoms with van der Waals surface area (Å²) in [5, 5.41) is 2.98. The number of hydrogen-bond acceptors (Lipinski definition) is 4. The SMILES string of the molecule is O=C(NC1CCC(Oc2ccc(C(F)(F)F)cn2)CC1)c1ccncc1. The maximum Gasteiger partial charge on any atom is 0.417 e. The summed E-state index contributed by atoms with van der Waals surface area (Å²) in [6.45, 7) is 0. The molecule has 26 heavy (non-hydrogen) atoms. The Labute approximate surface area is 148 Å². The quantitative estimate of drug-likeness (QED) is 0.899. The highest BCUT2D eigenvalue weighted by molar-refractivity contribution is 5.94. The van der Waals surface area contributed by atoms with Gasteiger partial charge in [-0.15, -0.1) is 0 Å². The van der Waals surface area contributed by atoms with E-state index in [0.717, 1.165) is 25.1 Å². The van der Waals surface area contributed by atoms with Crippen LogP contribution in [0.1, 0.15) is 41.6 Å². The molecule has 0 saturated heterocycles. The lowest BCUT2D eigenvalue weighted by atomic mass is 9.92. The van der Waals surface area contributed by atoms with Crippen molar-refractivity contribution in [3.63, 3.8) is 0 Å². The number of rotatable bonds is 4. The first-order valence-corrected chi connectivity index (χ1v) is 8.32. The molecular weight excluding hydrogens is 347 g/mol. The molecule has 1 aliphatic rings. The summed E-state index contributed by atoms with van der Waals surface area (Å²) in [5.41, 5.74) is -0.236. The van der Waals surface area contributed by atoms with Gasteiger partial charge >= 0.3 is 6.18 Å². The molecule has 0 aromatic carbocycles. The average Bonchev–Trinajstić information content (AvgIpc) is 2.64. The average molecular weight is 365 g/mol. The van der Waals surface area contributed by atoms with Crippen LogP contribution in [0.5, 0.6) is 5.88 Å². The van der Waals surface area contributed by atoms with Crippen LogP contribution in [0.4, 0.5) is 13.2 Å². The van der Waals surface area contributed by atoms with Gasteiger partial charge in [0.15, 0.2) is 0 Å². The highest BCUT2D eigenvalue weighted by Gasteiger charge is 2.31. The van der Waals surface area contributed by atoms with Crippen LogP contribution < -0.4 is 10.1 Å². The van der Waals surface area contributed by atoms with Crippen LogP contribution >= 0.6 is 0 Å². The van der Waals surface area contributed by atoms with Gasteiger partial charge in [-0.1, -0.05) is 0 Å². The molecule has 1 fully saturated rings. The van der Waals surface area contributed by atoms with Crippen molar-refractivity contribution in [1.29, 1.82) is 0 Å². The predicted molar refractivity (Wildman–Crippen MR) is 87.6 cm³/mol. The molecule has 1 amide bonds. The van der Waals surface area contributed by atoms with E-state index in [0.29, 0.717) is 18.4 Å². The summed E-state index contributed by atoms with van der Waals surface area (Å²) in [6, 6.07) is 5.56. The van der Waals surface area contributed by atoms with Gasteiger partial charge in [-0.3, -0.25) is 9.78 Å². The second-order valence-corrected chi connectivity index (χ2v) is 6.18. The van der Waals surface area contributed by atoms with Gasteiger partial charge in [0.05, 0.1) is 5.56 Å². The fourth-order valence-electron chi connectivity index (χ4n) is 2.89. The Morgan fingerprint density at radius 3 is 2.35 bits per heavy atom. The molecular formula is C18H18F3N3O2. The first-order chi connectivity index (χ1) is 12.4. The Kier molecular flexibility index (Phi) is 5.39. The van der Waals surface area contributed by atoms with Gasteiger partial charge < -0.3 is 10.1 Å². The van der Waals surface area contributed by atoms with Gasteiger partial charge in [0.2, 0.25) is 5.88 Å². The van der Waals surface area contributed by atoms with E-state index in [1.54, 1.807) is 24.5 Å². The van der Waals surface area contributed by atoms with Crippen molar-refractivity contribution in [2.45, 2.75) is 44.0 Å². The highest BCUT2D eigenvalue weighted by Crippen LogP contribution is 2.30. The van der Waals surface area contributed by atoms with E-state index in [2.05, 4.69) is 15.3 Å². The van der Waals surface area contributed by atoms with Gasteiger partial charge in [-0.2, -0.15) is 13.2 Å². The summed E-state index contributed by atoms with van der Waals surface area (Å²) in [7, 11) is 0. The molecule has 5 nitrogen and oxygen atoms in total. The summed E-state index contributed by atoms with van der Waals surface area (Å²) < 4.78 is 43.2. The zero-order valence-corrected chi connectivity index (χ0v) is 13.9. The van der Waals surface area contributed by atoms with Crippen molar-refractivity contribution in [3.8, 4) is 5.88 Å². The largest absolute Gasteiger partial charge is 0.474 e. The summed E-state index contributed by atoms with van der Waals surface area (Å²) >= 11 is 0. The van der Waals surface area contributed by atoms with Gasteiger partial charge in [-0.25, -0.2) is 4.98 Å².